The van der Waals surface area contributed by atoms with Crippen molar-refractivity contribution in [3.05, 3.63) is 77.5 Å². The fourth-order valence-corrected chi connectivity index (χ4v) is 4.53. The largest absolute Gasteiger partial charge is 0.478 e. The fraction of sp³-hybridized carbons (Fsp3) is 0.111. The second-order valence-corrected chi connectivity index (χ2v) is 8.86. The molecule has 0 aliphatic rings. The molecule has 1 aromatic carbocycles. The lowest BCUT2D eigenvalue weighted by molar-refractivity contribution is -0.132. The summed E-state index contributed by atoms with van der Waals surface area (Å²) in [5.41, 5.74) is 8.83. The number of carbonyl (C=O) groups excluding carboxylic acids is 2. The standard InChI is InChI=1S/C27H24N6O4S/c1-3-16(26(35)36)24(34)18-10-21(30-13-20(18)28)19-12-31-23(33-27(37)29-4-2)11-17(19)25-32-22(14-38-25)15-8-6-5-7-9-15/h3,5-14H,4,28H2,1-2H3,(H,35,36)(H2,29,31,33,37)/b16-3+. The number of benzene rings is 1. The van der Waals surface area contributed by atoms with Crippen LogP contribution in [0.2, 0.25) is 0 Å². The van der Waals surface area contributed by atoms with E-state index in [4.69, 9.17) is 10.7 Å². The maximum atomic E-state index is 12.9. The molecule has 0 atom stereocenters. The zero-order valence-electron chi connectivity index (χ0n) is 20.6. The molecular formula is C27H24N6O4S. The molecule has 10 nitrogen and oxygen atoms in total. The number of anilines is 2. The Bertz CT molecular complexity index is 1550. The first-order valence-electron chi connectivity index (χ1n) is 11.6. The lowest BCUT2D eigenvalue weighted by atomic mass is 9.99. The molecule has 0 saturated carbocycles. The topological polar surface area (TPSA) is 160 Å². The number of ketones is 1. The summed E-state index contributed by atoms with van der Waals surface area (Å²) in [7, 11) is 0. The molecule has 0 bridgehead atoms. The summed E-state index contributed by atoms with van der Waals surface area (Å²) >= 11 is 1.40. The molecule has 5 N–H and O–H groups in total. The number of nitrogen functional groups attached to an aromatic ring is 1. The molecule has 2 amide bonds. The highest BCUT2D eigenvalue weighted by atomic mass is 32.1. The van der Waals surface area contributed by atoms with E-state index >= 15 is 0 Å². The molecule has 192 valence electrons. The van der Waals surface area contributed by atoms with Crippen molar-refractivity contribution in [2.24, 2.45) is 0 Å². The average Bonchev–Trinajstić information content (AvgIpc) is 3.40. The van der Waals surface area contributed by atoms with Crippen LogP contribution in [0.15, 0.2) is 71.9 Å². The van der Waals surface area contributed by atoms with Gasteiger partial charge in [-0.25, -0.2) is 19.6 Å². The van der Waals surface area contributed by atoms with Crippen LogP contribution >= 0.6 is 11.3 Å². The number of nitrogens with two attached hydrogens (primary N) is 1. The summed E-state index contributed by atoms with van der Waals surface area (Å²) < 4.78 is 0. The minimum Gasteiger partial charge on any atom is -0.478 e. The first-order valence-corrected chi connectivity index (χ1v) is 12.5. The van der Waals surface area contributed by atoms with Gasteiger partial charge in [0.15, 0.2) is 0 Å². The highest BCUT2D eigenvalue weighted by molar-refractivity contribution is 7.13. The van der Waals surface area contributed by atoms with Gasteiger partial charge in [0.25, 0.3) is 0 Å². The van der Waals surface area contributed by atoms with Gasteiger partial charge in [0.1, 0.15) is 16.4 Å². The van der Waals surface area contributed by atoms with E-state index in [9.17, 15) is 19.5 Å². The number of aliphatic carboxylic acids is 1. The Morgan fingerprint density at radius 2 is 1.82 bits per heavy atom. The molecule has 4 rings (SSSR count). The molecule has 3 heterocycles. The number of carboxylic acids is 1. The Hall–Kier alpha value is -4.90. The monoisotopic (exact) mass is 528 g/mol. The molecular weight excluding hydrogens is 504 g/mol. The average molecular weight is 529 g/mol. The number of amides is 2. The van der Waals surface area contributed by atoms with Gasteiger partial charge in [0.2, 0.25) is 5.78 Å². The molecule has 0 aliphatic heterocycles. The Morgan fingerprint density at radius 3 is 2.50 bits per heavy atom. The molecule has 0 saturated heterocycles. The molecule has 4 aromatic rings. The van der Waals surface area contributed by atoms with Crippen LogP contribution in [0.4, 0.5) is 16.3 Å². The number of hydrogen-bond acceptors (Lipinski definition) is 8. The maximum Gasteiger partial charge on any atom is 0.339 e. The van der Waals surface area contributed by atoms with E-state index in [1.807, 2.05) is 35.7 Å². The quantitative estimate of drug-likeness (QED) is 0.109. The minimum atomic E-state index is -1.35. The third kappa shape index (κ3) is 5.57. The maximum absolute atomic E-state index is 12.9. The number of nitrogens with zero attached hydrogens (tertiary/aromatic N) is 3. The van der Waals surface area contributed by atoms with Crippen molar-refractivity contribution >= 4 is 40.6 Å². The predicted molar refractivity (Wildman–Crippen MR) is 147 cm³/mol. The Kier molecular flexibility index (Phi) is 7.88. The number of allylic oxidation sites excluding steroid dienone is 1. The molecule has 0 radical (unpaired) electrons. The van der Waals surface area contributed by atoms with E-state index in [2.05, 4.69) is 20.6 Å². The fourth-order valence-electron chi connectivity index (χ4n) is 3.67. The van der Waals surface area contributed by atoms with E-state index in [0.29, 0.717) is 34.2 Å². The zero-order valence-corrected chi connectivity index (χ0v) is 21.4. The number of nitrogens with one attached hydrogen (secondary N) is 2. The van der Waals surface area contributed by atoms with E-state index in [1.165, 1.54) is 42.8 Å². The number of Topliss-reactive ketones (excluding diaryl/α,β-unsaturated/α-hetero) is 1. The first kappa shape index (κ1) is 26.2. The number of carbonyl (C=O) groups is 3. The van der Waals surface area contributed by atoms with Crippen LogP contribution in [0.3, 0.4) is 0 Å². The normalized spacial score (nSPS) is 11.2. The van der Waals surface area contributed by atoms with Crippen molar-refractivity contribution in [1.29, 1.82) is 0 Å². The Labute approximate surface area is 222 Å². The Morgan fingerprint density at radius 1 is 1.05 bits per heavy atom. The number of rotatable bonds is 8. The van der Waals surface area contributed by atoms with Crippen LogP contribution in [-0.4, -0.2) is 44.4 Å². The number of aromatic nitrogens is 3. The third-order valence-corrected chi connectivity index (χ3v) is 6.38. The van der Waals surface area contributed by atoms with E-state index in [0.717, 1.165) is 11.3 Å². The number of hydrogen-bond donors (Lipinski definition) is 4. The van der Waals surface area contributed by atoms with Gasteiger partial charge in [0, 0.05) is 40.4 Å². The Balaban J connectivity index is 1.83. The first-order chi connectivity index (χ1) is 18.3. The number of carboxylic acid groups (broad SMARTS) is 1. The van der Waals surface area contributed by atoms with Crippen LogP contribution in [0, 0.1) is 0 Å². The molecule has 0 fully saturated rings. The highest BCUT2D eigenvalue weighted by Crippen LogP contribution is 2.37. The molecule has 3 aromatic heterocycles. The third-order valence-electron chi connectivity index (χ3n) is 5.51. The smallest absolute Gasteiger partial charge is 0.339 e. The molecule has 0 aliphatic carbocycles. The van der Waals surface area contributed by atoms with E-state index in [-0.39, 0.29) is 11.3 Å². The SMILES string of the molecule is C/C=C(/C(=O)O)C(=O)c1cc(-c2cnc(NC(=O)NCC)cc2-c2nc(-c3ccccc3)cs2)ncc1N. The molecule has 38 heavy (non-hydrogen) atoms. The van der Waals surface area contributed by atoms with Crippen molar-refractivity contribution in [3.63, 3.8) is 0 Å². The number of thiazole rings is 1. The van der Waals surface area contributed by atoms with Gasteiger partial charge >= 0.3 is 12.0 Å². The zero-order chi connectivity index (χ0) is 27.2. The highest BCUT2D eigenvalue weighted by Gasteiger charge is 2.23. The van der Waals surface area contributed by atoms with Crippen molar-refractivity contribution in [3.8, 4) is 33.1 Å². The van der Waals surface area contributed by atoms with Gasteiger partial charge in [-0.15, -0.1) is 11.3 Å². The second-order valence-electron chi connectivity index (χ2n) is 8.00. The van der Waals surface area contributed by atoms with Gasteiger partial charge < -0.3 is 16.2 Å². The van der Waals surface area contributed by atoms with Gasteiger partial charge in [-0.2, -0.15) is 0 Å². The van der Waals surface area contributed by atoms with Crippen molar-refractivity contribution < 1.29 is 19.5 Å². The molecule has 0 unspecified atom stereocenters. The summed E-state index contributed by atoms with van der Waals surface area (Å²) in [6.45, 7) is 3.71. The van der Waals surface area contributed by atoms with E-state index in [1.54, 1.807) is 13.0 Å². The van der Waals surface area contributed by atoms with Gasteiger partial charge in [-0.05, 0) is 26.0 Å². The van der Waals surface area contributed by atoms with Crippen LogP contribution in [0.25, 0.3) is 33.1 Å². The van der Waals surface area contributed by atoms with Crippen molar-refractivity contribution in [2.75, 3.05) is 17.6 Å². The summed E-state index contributed by atoms with van der Waals surface area (Å²) in [4.78, 5) is 50.1. The van der Waals surface area contributed by atoms with Crippen molar-refractivity contribution in [1.82, 2.24) is 20.3 Å². The van der Waals surface area contributed by atoms with Crippen molar-refractivity contribution in [2.45, 2.75) is 13.8 Å². The van der Waals surface area contributed by atoms with Crippen LogP contribution in [0.1, 0.15) is 24.2 Å². The van der Waals surface area contributed by atoms with Crippen LogP contribution in [-0.2, 0) is 4.79 Å². The van der Waals surface area contributed by atoms with Gasteiger partial charge in [-0.1, -0.05) is 36.4 Å². The summed E-state index contributed by atoms with van der Waals surface area (Å²) in [6.07, 6.45) is 4.04. The number of urea groups is 1. The lowest BCUT2D eigenvalue weighted by Gasteiger charge is -2.12. The summed E-state index contributed by atoms with van der Waals surface area (Å²) in [6, 6.07) is 12.4. The van der Waals surface area contributed by atoms with Gasteiger partial charge in [-0.3, -0.25) is 15.1 Å². The van der Waals surface area contributed by atoms with Gasteiger partial charge in [0.05, 0.1) is 23.3 Å². The molecule has 11 heteroatoms. The van der Waals surface area contributed by atoms with E-state index < -0.39 is 23.4 Å². The summed E-state index contributed by atoms with van der Waals surface area (Å²) in [5.74, 6) is -1.79. The summed E-state index contributed by atoms with van der Waals surface area (Å²) in [5, 5.41) is 17.3. The number of pyridine rings is 2. The lowest BCUT2D eigenvalue weighted by Crippen LogP contribution is -2.28. The van der Waals surface area contributed by atoms with Crippen LogP contribution in [0.5, 0.6) is 0 Å². The van der Waals surface area contributed by atoms with Crippen LogP contribution < -0.4 is 16.4 Å². The minimum absolute atomic E-state index is 0.00471. The predicted octanol–water partition coefficient (Wildman–Crippen LogP) is 4.87. The second kappa shape index (κ2) is 11.4. The molecule has 0 spiro atoms.